The molecule has 3 heterocycles. The molecule has 1 aromatic carbocycles. The smallest absolute Gasteiger partial charge is 0.274 e. The monoisotopic (exact) mass is 513 g/mol. The van der Waals surface area contributed by atoms with Crippen molar-refractivity contribution in [1.29, 1.82) is 5.26 Å². The van der Waals surface area contributed by atoms with Crippen molar-refractivity contribution in [1.82, 2.24) is 19.5 Å². The molecular formula is C29H28ClN5O2. The van der Waals surface area contributed by atoms with E-state index < -0.39 is 5.60 Å². The fourth-order valence-corrected chi connectivity index (χ4v) is 4.64. The van der Waals surface area contributed by atoms with Crippen LogP contribution < -0.4 is 5.56 Å². The lowest BCUT2D eigenvalue weighted by molar-refractivity contribution is 0.0688. The van der Waals surface area contributed by atoms with Crippen LogP contribution in [0.25, 0.3) is 17.1 Å². The summed E-state index contributed by atoms with van der Waals surface area (Å²) in [6.07, 6.45) is 3.91. The molecular weight excluding hydrogens is 486 g/mol. The van der Waals surface area contributed by atoms with Gasteiger partial charge in [-0.05, 0) is 87.1 Å². The molecule has 0 bridgehead atoms. The average Bonchev–Trinajstić information content (AvgIpc) is 2.87. The molecule has 0 amide bonds. The molecule has 0 saturated heterocycles. The Morgan fingerprint density at radius 1 is 1.14 bits per heavy atom. The first-order chi connectivity index (χ1) is 17.5. The van der Waals surface area contributed by atoms with Gasteiger partial charge in [-0.25, -0.2) is 9.97 Å². The number of halogens is 1. The quantitative estimate of drug-likeness (QED) is 0.370. The number of pyridine rings is 2. The van der Waals surface area contributed by atoms with Gasteiger partial charge in [-0.15, -0.1) is 0 Å². The summed E-state index contributed by atoms with van der Waals surface area (Å²) in [5, 5.41) is 19.7. The minimum atomic E-state index is -1.20. The van der Waals surface area contributed by atoms with Gasteiger partial charge in [0.05, 0.1) is 28.7 Å². The van der Waals surface area contributed by atoms with Crippen LogP contribution in [0.3, 0.4) is 0 Å². The van der Waals surface area contributed by atoms with Gasteiger partial charge in [0.25, 0.3) is 5.56 Å². The van der Waals surface area contributed by atoms with Gasteiger partial charge in [0.15, 0.2) is 5.82 Å². The van der Waals surface area contributed by atoms with Gasteiger partial charge in [0.2, 0.25) is 0 Å². The molecule has 4 aromatic rings. The maximum atomic E-state index is 13.6. The number of benzene rings is 1. The second-order valence-electron chi connectivity index (χ2n) is 9.79. The molecule has 0 saturated carbocycles. The number of rotatable bonds is 6. The predicted molar refractivity (Wildman–Crippen MR) is 144 cm³/mol. The topological polar surface area (TPSA) is 105 Å². The van der Waals surface area contributed by atoms with Crippen LogP contribution >= 0.6 is 11.6 Å². The standard InChI is InChI=1S/C29H28ClN5O2/c1-17(11-20-7-6-8-21(13-20)15-31)22-12-19(3)35(27(36)26(22)30)25-14-24(33-16-18(25)2)23-9-10-32-28(34-23)29(4,5)37/h6-10,12-14,16-17,37H,11H2,1-5H3. The summed E-state index contributed by atoms with van der Waals surface area (Å²) in [7, 11) is 0. The summed E-state index contributed by atoms with van der Waals surface area (Å²) >= 11 is 6.67. The lowest BCUT2D eigenvalue weighted by Crippen LogP contribution is -2.24. The van der Waals surface area contributed by atoms with Gasteiger partial charge in [-0.2, -0.15) is 5.26 Å². The summed E-state index contributed by atoms with van der Waals surface area (Å²) in [4.78, 5) is 26.7. The molecule has 8 heteroatoms. The molecule has 0 aliphatic carbocycles. The van der Waals surface area contributed by atoms with Crippen LogP contribution in [0.4, 0.5) is 0 Å². The predicted octanol–water partition coefficient (Wildman–Crippen LogP) is 5.41. The summed E-state index contributed by atoms with van der Waals surface area (Å²) in [6, 6.07) is 15.1. The fourth-order valence-electron chi connectivity index (χ4n) is 4.31. The molecule has 3 aromatic heterocycles. The number of nitrogens with zero attached hydrogens (tertiary/aromatic N) is 5. The van der Waals surface area contributed by atoms with Crippen molar-refractivity contribution in [3.05, 3.63) is 104 Å². The number of hydrogen-bond acceptors (Lipinski definition) is 6. The summed E-state index contributed by atoms with van der Waals surface area (Å²) in [6.45, 7) is 9.02. The number of aromatic nitrogens is 4. The van der Waals surface area contributed by atoms with Crippen LogP contribution in [0.2, 0.25) is 5.02 Å². The molecule has 0 spiro atoms. The van der Waals surface area contributed by atoms with Gasteiger partial charge < -0.3 is 5.11 Å². The van der Waals surface area contributed by atoms with Crippen molar-refractivity contribution >= 4 is 11.6 Å². The Labute approximate surface area is 221 Å². The van der Waals surface area contributed by atoms with E-state index in [1.807, 2.05) is 45.0 Å². The van der Waals surface area contributed by atoms with E-state index in [-0.39, 0.29) is 22.3 Å². The number of nitriles is 1. The highest BCUT2D eigenvalue weighted by Gasteiger charge is 2.22. The van der Waals surface area contributed by atoms with E-state index in [4.69, 9.17) is 11.6 Å². The third-order valence-electron chi connectivity index (χ3n) is 6.27. The van der Waals surface area contributed by atoms with Crippen LogP contribution in [0.5, 0.6) is 0 Å². The van der Waals surface area contributed by atoms with Crippen LogP contribution in [0.15, 0.2) is 59.7 Å². The van der Waals surface area contributed by atoms with E-state index in [1.54, 1.807) is 49.0 Å². The second-order valence-corrected chi connectivity index (χ2v) is 10.2. The normalized spacial score (nSPS) is 12.3. The first kappa shape index (κ1) is 26.2. The molecule has 1 unspecified atom stereocenters. The molecule has 7 nitrogen and oxygen atoms in total. The molecule has 0 aliphatic rings. The number of aryl methyl sites for hydroxylation is 2. The van der Waals surface area contributed by atoms with E-state index in [1.165, 1.54) is 0 Å². The molecule has 1 atom stereocenters. The Morgan fingerprint density at radius 3 is 2.59 bits per heavy atom. The highest BCUT2D eigenvalue weighted by atomic mass is 35.5. The van der Waals surface area contributed by atoms with Crippen LogP contribution in [0, 0.1) is 25.2 Å². The van der Waals surface area contributed by atoms with E-state index in [0.717, 1.165) is 22.4 Å². The van der Waals surface area contributed by atoms with Gasteiger partial charge in [-0.1, -0.05) is 30.7 Å². The zero-order valence-electron chi connectivity index (χ0n) is 21.5. The van der Waals surface area contributed by atoms with Crippen LogP contribution in [-0.2, 0) is 12.0 Å². The Morgan fingerprint density at radius 2 is 1.89 bits per heavy atom. The molecule has 37 heavy (non-hydrogen) atoms. The minimum absolute atomic E-state index is 0.0298. The van der Waals surface area contributed by atoms with Crippen molar-refractivity contribution in [3.63, 3.8) is 0 Å². The SMILES string of the molecule is Cc1cnc(-c2ccnc(C(C)(C)O)n2)cc1-n1c(C)cc(C(C)Cc2cccc(C#N)c2)c(Cl)c1=O. The first-order valence-electron chi connectivity index (χ1n) is 11.9. The number of aliphatic hydroxyl groups is 1. The third kappa shape index (κ3) is 5.46. The number of hydrogen-bond donors (Lipinski definition) is 1. The van der Waals surface area contributed by atoms with Crippen molar-refractivity contribution in [2.24, 2.45) is 0 Å². The Hall–Kier alpha value is -3.86. The van der Waals surface area contributed by atoms with Gasteiger partial charge >= 0.3 is 0 Å². The van der Waals surface area contributed by atoms with E-state index in [9.17, 15) is 15.2 Å². The zero-order valence-corrected chi connectivity index (χ0v) is 22.2. The molecule has 0 radical (unpaired) electrons. The van der Waals surface area contributed by atoms with E-state index in [0.29, 0.717) is 29.1 Å². The van der Waals surface area contributed by atoms with Gasteiger partial charge in [0, 0.05) is 18.1 Å². The Bertz CT molecular complexity index is 1580. The minimum Gasteiger partial charge on any atom is -0.382 e. The second kappa shape index (κ2) is 10.3. The van der Waals surface area contributed by atoms with Crippen LogP contribution in [0.1, 0.15) is 60.5 Å². The Kier molecular flexibility index (Phi) is 7.26. The Balaban J connectivity index is 1.75. The average molecular weight is 514 g/mol. The molecule has 188 valence electrons. The van der Waals surface area contributed by atoms with E-state index in [2.05, 4.69) is 21.0 Å². The first-order valence-corrected chi connectivity index (χ1v) is 12.3. The van der Waals surface area contributed by atoms with Gasteiger partial charge in [0.1, 0.15) is 10.6 Å². The lowest BCUT2D eigenvalue weighted by atomic mass is 9.93. The molecule has 1 N–H and O–H groups in total. The van der Waals surface area contributed by atoms with Crippen molar-refractivity contribution in [3.8, 4) is 23.1 Å². The lowest BCUT2D eigenvalue weighted by Gasteiger charge is -2.19. The molecule has 0 aliphatic heterocycles. The zero-order chi connectivity index (χ0) is 26.9. The van der Waals surface area contributed by atoms with Crippen molar-refractivity contribution in [2.45, 2.75) is 52.6 Å². The summed E-state index contributed by atoms with van der Waals surface area (Å²) < 4.78 is 1.59. The van der Waals surface area contributed by atoms with Gasteiger partial charge in [-0.3, -0.25) is 14.3 Å². The van der Waals surface area contributed by atoms with Crippen molar-refractivity contribution < 1.29 is 5.11 Å². The largest absolute Gasteiger partial charge is 0.382 e. The van der Waals surface area contributed by atoms with E-state index >= 15 is 0 Å². The molecule has 0 fully saturated rings. The van der Waals surface area contributed by atoms with Crippen LogP contribution in [-0.4, -0.2) is 24.6 Å². The highest BCUT2D eigenvalue weighted by Crippen LogP contribution is 2.29. The maximum Gasteiger partial charge on any atom is 0.274 e. The molecule has 4 rings (SSSR count). The summed E-state index contributed by atoms with van der Waals surface area (Å²) in [5.74, 6) is 0.252. The summed E-state index contributed by atoms with van der Waals surface area (Å²) in [5.41, 5.74) is 4.14. The highest BCUT2D eigenvalue weighted by molar-refractivity contribution is 6.31. The third-order valence-corrected chi connectivity index (χ3v) is 6.65. The van der Waals surface area contributed by atoms with Crippen molar-refractivity contribution in [2.75, 3.05) is 0 Å². The maximum absolute atomic E-state index is 13.6. The fraction of sp³-hybridized carbons (Fsp3) is 0.276.